The maximum Gasteiger partial charge on any atom is 0.142 e. The van der Waals surface area contributed by atoms with E-state index in [2.05, 4.69) is 54.5 Å². The molecule has 2 nitrogen and oxygen atoms in total. The van der Waals surface area contributed by atoms with E-state index in [0.29, 0.717) is 23.2 Å². The maximum atomic E-state index is 12.7. The lowest BCUT2D eigenvalue weighted by molar-refractivity contribution is -0.132. The van der Waals surface area contributed by atoms with Crippen LogP contribution in [0.5, 0.6) is 0 Å². The number of allylic oxidation sites excluding steroid dienone is 2. The Bertz CT molecular complexity index is 689. The molecule has 4 aliphatic rings. The van der Waals surface area contributed by atoms with Crippen molar-refractivity contribution in [3.63, 3.8) is 0 Å². The third kappa shape index (κ3) is 3.19. The number of Topliss-reactive ketones (excluding diaryl/α,β-unsaturated/α-hetero) is 1. The molecule has 4 rings (SSSR count). The van der Waals surface area contributed by atoms with Gasteiger partial charge in [-0.3, -0.25) is 4.79 Å². The standard InChI is InChI=1S/C27H44O2/c1-17(2)29-16-18(3)20-9-10-21-19-8-11-23-25(4,5)24(28)13-15-27(23,7)22(19)12-14-26(20,21)6/h11,17-22H,8-10,12-16H2,1-7H3. The largest absolute Gasteiger partial charge is 0.379 e. The molecule has 0 radical (unpaired) electrons. The van der Waals surface area contributed by atoms with Crippen LogP contribution in [0.3, 0.4) is 0 Å². The minimum Gasteiger partial charge on any atom is -0.379 e. The van der Waals surface area contributed by atoms with Gasteiger partial charge in [0.1, 0.15) is 5.78 Å². The number of carbonyl (C=O) groups excluding carboxylic acids is 1. The molecule has 2 heteroatoms. The number of rotatable bonds is 4. The Labute approximate surface area is 179 Å². The second kappa shape index (κ2) is 7.21. The smallest absolute Gasteiger partial charge is 0.142 e. The van der Waals surface area contributed by atoms with Gasteiger partial charge < -0.3 is 4.74 Å². The van der Waals surface area contributed by atoms with Gasteiger partial charge in [0.25, 0.3) is 0 Å². The molecular formula is C27H44O2. The van der Waals surface area contributed by atoms with Gasteiger partial charge in [0.15, 0.2) is 0 Å². The first-order chi connectivity index (χ1) is 13.5. The molecule has 0 heterocycles. The molecule has 3 fully saturated rings. The summed E-state index contributed by atoms with van der Waals surface area (Å²) in [6.07, 6.45) is 11.4. The van der Waals surface area contributed by atoms with Crippen LogP contribution in [0.1, 0.15) is 93.4 Å². The number of ketones is 1. The molecule has 0 N–H and O–H groups in total. The van der Waals surface area contributed by atoms with Gasteiger partial charge >= 0.3 is 0 Å². The van der Waals surface area contributed by atoms with E-state index in [-0.39, 0.29) is 10.8 Å². The van der Waals surface area contributed by atoms with Crippen molar-refractivity contribution in [1.29, 1.82) is 0 Å². The van der Waals surface area contributed by atoms with Gasteiger partial charge in [-0.15, -0.1) is 0 Å². The fraction of sp³-hybridized carbons (Fsp3) is 0.889. The molecule has 164 valence electrons. The van der Waals surface area contributed by atoms with Gasteiger partial charge in [0.2, 0.25) is 0 Å². The molecule has 0 aromatic rings. The topological polar surface area (TPSA) is 26.3 Å². The van der Waals surface area contributed by atoms with E-state index in [1.165, 1.54) is 37.7 Å². The zero-order valence-corrected chi connectivity index (χ0v) is 20.0. The summed E-state index contributed by atoms with van der Waals surface area (Å²) in [7, 11) is 0. The van der Waals surface area contributed by atoms with Crippen LogP contribution >= 0.6 is 0 Å². The molecule has 0 saturated heterocycles. The van der Waals surface area contributed by atoms with Crippen molar-refractivity contribution >= 4 is 5.78 Å². The highest BCUT2D eigenvalue weighted by Gasteiger charge is 2.61. The lowest BCUT2D eigenvalue weighted by Crippen LogP contribution is -2.53. The summed E-state index contributed by atoms with van der Waals surface area (Å²) in [6.45, 7) is 17.2. The predicted octanol–water partition coefficient (Wildman–Crippen LogP) is 6.83. The van der Waals surface area contributed by atoms with E-state index < -0.39 is 0 Å². The van der Waals surface area contributed by atoms with Crippen molar-refractivity contribution in [2.24, 2.45) is 45.8 Å². The minimum atomic E-state index is -0.250. The highest BCUT2D eigenvalue weighted by molar-refractivity contribution is 5.89. The van der Waals surface area contributed by atoms with E-state index in [9.17, 15) is 4.79 Å². The van der Waals surface area contributed by atoms with E-state index in [4.69, 9.17) is 4.74 Å². The lowest BCUT2D eigenvalue weighted by atomic mass is 9.44. The van der Waals surface area contributed by atoms with Crippen LogP contribution in [0.2, 0.25) is 0 Å². The van der Waals surface area contributed by atoms with Crippen molar-refractivity contribution in [2.45, 2.75) is 99.5 Å². The van der Waals surface area contributed by atoms with E-state index in [1.807, 2.05) is 0 Å². The van der Waals surface area contributed by atoms with Crippen molar-refractivity contribution in [2.75, 3.05) is 6.61 Å². The number of hydrogen-bond donors (Lipinski definition) is 0. The first kappa shape index (κ1) is 21.6. The molecule has 4 aliphatic carbocycles. The quantitative estimate of drug-likeness (QED) is 0.483. The van der Waals surface area contributed by atoms with E-state index >= 15 is 0 Å². The fourth-order valence-corrected chi connectivity index (χ4v) is 8.65. The summed E-state index contributed by atoms with van der Waals surface area (Å²) in [5.74, 6) is 4.35. The van der Waals surface area contributed by atoms with Gasteiger partial charge in [-0.25, -0.2) is 0 Å². The molecule has 29 heavy (non-hydrogen) atoms. The Kier molecular flexibility index (Phi) is 5.37. The van der Waals surface area contributed by atoms with Crippen molar-refractivity contribution in [3.8, 4) is 0 Å². The van der Waals surface area contributed by atoms with Gasteiger partial charge in [0, 0.05) is 18.4 Å². The lowest BCUT2D eigenvalue weighted by Gasteiger charge is -2.60. The van der Waals surface area contributed by atoms with Crippen LogP contribution in [0.4, 0.5) is 0 Å². The van der Waals surface area contributed by atoms with Gasteiger partial charge in [0.05, 0.1) is 6.10 Å². The monoisotopic (exact) mass is 400 g/mol. The maximum absolute atomic E-state index is 12.7. The summed E-state index contributed by atoms with van der Waals surface area (Å²) < 4.78 is 6.03. The zero-order valence-electron chi connectivity index (χ0n) is 20.0. The average molecular weight is 401 g/mol. The summed E-state index contributed by atoms with van der Waals surface area (Å²) >= 11 is 0. The Morgan fingerprint density at radius 1 is 1.03 bits per heavy atom. The Balaban J connectivity index is 1.59. The minimum absolute atomic E-state index is 0.242. The van der Waals surface area contributed by atoms with E-state index in [1.54, 1.807) is 0 Å². The van der Waals surface area contributed by atoms with Crippen LogP contribution in [-0.4, -0.2) is 18.5 Å². The third-order valence-electron chi connectivity index (χ3n) is 10.2. The predicted molar refractivity (Wildman–Crippen MR) is 120 cm³/mol. The Morgan fingerprint density at radius 2 is 1.76 bits per heavy atom. The average Bonchev–Trinajstić information content (AvgIpc) is 3.00. The van der Waals surface area contributed by atoms with Crippen molar-refractivity contribution in [3.05, 3.63) is 11.6 Å². The molecule has 3 saturated carbocycles. The van der Waals surface area contributed by atoms with Crippen LogP contribution in [0, 0.1) is 45.8 Å². The number of hydrogen-bond acceptors (Lipinski definition) is 2. The molecule has 0 bridgehead atoms. The number of carbonyl (C=O) groups is 1. The molecule has 0 aromatic carbocycles. The van der Waals surface area contributed by atoms with Crippen LogP contribution in [0.25, 0.3) is 0 Å². The summed E-state index contributed by atoms with van der Waals surface area (Å²) in [4.78, 5) is 12.7. The van der Waals surface area contributed by atoms with Gasteiger partial charge in [-0.2, -0.15) is 0 Å². The molecular weight excluding hydrogens is 356 g/mol. The first-order valence-corrected chi connectivity index (χ1v) is 12.4. The first-order valence-electron chi connectivity index (χ1n) is 12.4. The van der Waals surface area contributed by atoms with Crippen LogP contribution in [0.15, 0.2) is 11.6 Å². The normalized spacial score (nSPS) is 44.7. The Hall–Kier alpha value is -0.630. The molecule has 0 aliphatic heterocycles. The molecule has 0 aromatic heterocycles. The SMILES string of the molecule is CC(C)OCC(C)C1CCC2C3CC=C4C(C)(C)C(=O)CCC4(C)C3CCC12C. The van der Waals surface area contributed by atoms with E-state index in [0.717, 1.165) is 43.1 Å². The fourth-order valence-electron chi connectivity index (χ4n) is 8.65. The summed E-state index contributed by atoms with van der Waals surface area (Å²) in [5.41, 5.74) is 1.95. The highest BCUT2D eigenvalue weighted by Crippen LogP contribution is 2.68. The molecule has 0 spiro atoms. The molecule has 0 amide bonds. The number of fused-ring (bicyclic) bond motifs is 5. The second-order valence-electron chi connectivity index (χ2n) is 12.3. The summed E-state index contributed by atoms with van der Waals surface area (Å²) in [6, 6.07) is 0. The zero-order chi connectivity index (χ0) is 21.2. The number of ether oxygens (including phenoxy) is 1. The highest BCUT2D eigenvalue weighted by atomic mass is 16.5. The van der Waals surface area contributed by atoms with Crippen LogP contribution < -0.4 is 0 Å². The van der Waals surface area contributed by atoms with Gasteiger partial charge in [-0.05, 0) is 107 Å². The van der Waals surface area contributed by atoms with Gasteiger partial charge in [-0.1, -0.05) is 32.4 Å². The van der Waals surface area contributed by atoms with Crippen molar-refractivity contribution in [1.82, 2.24) is 0 Å². The van der Waals surface area contributed by atoms with Crippen LogP contribution in [-0.2, 0) is 9.53 Å². The summed E-state index contributed by atoms with van der Waals surface area (Å²) in [5, 5.41) is 0. The second-order valence-corrected chi connectivity index (χ2v) is 12.3. The third-order valence-corrected chi connectivity index (χ3v) is 10.2. The molecule has 7 atom stereocenters. The Morgan fingerprint density at radius 3 is 2.45 bits per heavy atom. The molecule has 7 unspecified atom stereocenters. The van der Waals surface area contributed by atoms with Crippen molar-refractivity contribution < 1.29 is 9.53 Å².